The summed E-state index contributed by atoms with van der Waals surface area (Å²) in [5.74, 6) is 0.488. The third kappa shape index (κ3) is 2.74. The molecule has 1 aromatic rings. The van der Waals surface area contributed by atoms with Crippen LogP contribution in [0.25, 0.3) is 0 Å². The van der Waals surface area contributed by atoms with Crippen LogP contribution in [0.3, 0.4) is 0 Å². The number of piperidine rings is 1. The van der Waals surface area contributed by atoms with Gasteiger partial charge in [0, 0.05) is 18.5 Å². The number of likely N-dealkylation sites (tertiary alicyclic amines) is 1. The van der Waals surface area contributed by atoms with Gasteiger partial charge in [-0.1, -0.05) is 0 Å². The van der Waals surface area contributed by atoms with E-state index >= 15 is 0 Å². The van der Waals surface area contributed by atoms with Gasteiger partial charge in [0.05, 0.1) is 23.7 Å². The Hall–Kier alpha value is -0.160. The van der Waals surface area contributed by atoms with Crippen LogP contribution in [0.2, 0.25) is 0 Å². The van der Waals surface area contributed by atoms with Gasteiger partial charge in [-0.3, -0.25) is 4.90 Å². The normalized spacial score (nSPS) is 21.2. The van der Waals surface area contributed by atoms with E-state index in [1.165, 1.54) is 0 Å². The standard InChI is InChI=1S/C11H17ClN2OS/c1-8(11-13-9(6-12)7-16-11)14-4-2-10(15)3-5-14/h7-8,10,15H,2-6H2,1H3. The van der Waals surface area contributed by atoms with Gasteiger partial charge < -0.3 is 5.11 Å². The van der Waals surface area contributed by atoms with E-state index in [-0.39, 0.29) is 6.10 Å². The molecule has 0 radical (unpaired) electrons. The summed E-state index contributed by atoms with van der Waals surface area (Å²) >= 11 is 7.42. The van der Waals surface area contributed by atoms with Crippen molar-refractivity contribution >= 4 is 22.9 Å². The highest BCUT2D eigenvalue weighted by Gasteiger charge is 2.23. The Labute approximate surface area is 105 Å². The molecule has 1 atom stereocenters. The average molecular weight is 261 g/mol. The number of halogens is 1. The van der Waals surface area contributed by atoms with Crippen molar-refractivity contribution in [2.45, 2.75) is 37.8 Å². The van der Waals surface area contributed by atoms with Crippen molar-refractivity contribution in [2.75, 3.05) is 13.1 Å². The number of hydrogen-bond acceptors (Lipinski definition) is 4. The molecule has 0 saturated carbocycles. The van der Waals surface area contributed by atoms with Gasteiger partial charge in [0.1, 0.15) is 5.01 Å². The minimum atomic E-state index is -0.113. The first-order valence-corrected chi connectivity index (χ1v) is 7.04. The van der Waals surface area contributed by atoms with E-state index in [0.717, 1.165) is 36.6 Å². The van der Waals surface area contributed by atoms with Crippen molar-refractivity contribution in [2.24, 2.45) is 0 Å². The van der Waals surface area contributed by atoms with Crippen LogP contribution < -0.4 is 0 Å². The molecular weight excluding hydrogens is 244 g/mol. The van der Waals surface area contributed by atoms with E-state index in [9.17, 15) is 5.11 Å². The predicted octanol–water partition coefficient (Wildman–Crippen LogP) is 2.40. The monoisotopic (exact) mass is 260 g/mol. The van der Waals surface area contributed by atoms with Gasteiger partial charge >= 0.3 is 0 Å². The molecule has 1 aliphatic heterocycles. The van der Waals surface area contributed by atoms with Crippen LogP contribution in [0.4, 0.5) is 0 Å². The molecule has 0 amide bonds. The third-order valence-corrected chi connectivity index (χ3v) is 4.45. The Morgan fingerprint density at radius 3 is 2.88 bits per heavy atom. The Bertz CT molecular complexity index is 336. The fourth-order valence-corrected chi connectivity index (χ4v) is 3.14. The molecule has 1 fully saturated rings. The number of alkyl halides is 1. The first kappa shape index (κ1) is 12.3. The molecule has 2 heterocycles. The number of aromatic nitrogens is 1. The van der Waals surface area contributed by atoms with Crippen molar-refractivity contribution in [1.82, 2.24) is 9.88 Å². The number of thiazole rings is 1. The van der Waals surface area contributed by atoms with Gasteiger partial charge in [-0.15, -0.1) is 22.9 Å². The molecule has 0 spiro atoms. The maximum absolute atomic E-state index is 9.46. The van der Waals surface area contributed by atoms with E-state index in [2.05, 4.69) is 16.8 Å². The maximum Gasteiger partial charge on any atom is 0.110 e. The number of aliphatic hydroxyl groups is 1. The van der Waals surface area contributed by atoms with Crippen molar-refractivity contribution < 1.29 is 5.11 Å². The van der Waals surface area contributed by atoms with E-state index in [1.807, 2.05) is 5.38 Å². The molecule has 5 heteroatoms. The van der Waals surface area contributed by atoms with Gasteiger partial charge in [-0.2, -0.15) is 0 Å². The second-order valence-electron chi connectivity index (χ2n) is 4.25. The molecule has 1 saturated heterocycles. The lowest BCUT2D eigenvalue weighted by Crippen LogP contribution is -2.37. The van der Waals surface area contributed by atoms with Crippen LogP contribution >= 0.6 is 22.9 Å². The van der Waals surface area contributed by atoms with E-state index in [0.29, 0.717) is 11.9 Å². The first-order valence-electron chi connectivity index (χ1n) is 5.63. The van der Waals surface area contributed by atoms with E-state index < -0.39 is 0 Å². The maximum atomic E-state index is 9.46. The second kappa shape index (κ2) is 5.45. The van der Waals surface area contributed by atoms with Crippen LogP contribution in [0.15, 0.2) is 5.38 Å². The average Bonchev–Trinajstić information content (AvgIpc) is 2.77. The number of aliphatic hydroxyl groups excluding tert-OH is 1. The summed E-state index contributed by atoms with van der Waals surface area (Å²) in [6.45, 7) is 4.09. The number of rotatable bonds is 3. The molecule has 0 aliphatic carbocycles. The lowest BCUT2D eigenvalue weighted by Gasteiger charge is -2.33. The summed E-state index contributed by atoms with van der Waals surface area (Å²) in [4.78, 5) is 6.88. The fraction of sp³-hybridized carbons (Fsp3) is 0.727. The van der Waals surface area contributed by atoms with Crippen LogP contribution in [-0.4, -0.2) is 34.2 Å². The Balaban J connectivity index is 1.98. The summed E-state index contributed by atoms with van der Waals surface area (Å²) in [5, 5.41) is 12.6. The molecule has 1 unspecified atom stereocenters. The van der Waals surface area contributed by atoms with Crippen molar-refractivity contribution in [1.29, 1.82) is 0 Å². The van der Waals surface area contributed by atoms with E-state index in [1.54, 1.807) is 11.3 Å². The largest absolute Gasteiger partial charge is 0.393 e. The highest BCUT2D eigenvalue weighted by Crippen LogP contribution is 2.26. The minimum absolute atomic E-state index is 0.113. The van der Waals surface area contributed by atoms with Gasteiger partial charge in [0.2, 0.25) is 0 Å². The Morgan fingerprint density at radius 2 is 2.31 bits per heavy atom. The van der Waals surface area contributed by atoms with Crippen LogP contribution in [-0.2, 0) is 5.88 Å². The van der Waals surface area contributed by atoms with Crippen LogP contribution in [0.5, 0.6) is 0 Å². The van der Waals surface area contributed by atoms with Crippen molar-refractivity contribution in [3.63, 3.8) is 0 Å². The molecule has 2 rings (SSSR count). The highest BCUT2D eigenvalue weighted by molar-refractivity contribution is 7.09. The Morgan fingerprint density at radius 1 is 1.62 bits per heavy atom. The molecule has 0 bridgehead atoms. The highest BCUT2D eigenvalue weighted by atomic mass is 35.5. The van der Waals surface area contributed by atoms with Crippen molar-refractivity contribution in [3.8, 4) is 0 Å². The second-order valence-corrected chi connectivity index (χ2v) is 5.41. The lowest BCUT2D eigenvalue weighted by atomic mass is 10.1. The predicted molar refractivity (Wildman–Crippen MR) is 66.9 cm³/mol. The Kier molecular flexibility index (Phi) is 4.19. The summed E-state index contributed by atoms with van der Waals surface area (Å²) in [6, 6.07) is 0.342. The zero-order valence-electron chi connectivity index (χ0n) is 9.40. The van der Waals surface area contributed by atoms with Crippen molar-refractivity contribution in [3.05, 3.63) is 16.1 Å². The van der Waals surface area contributed by atoms with Gasteiger partial charge in [0.25, 0.3) is 0 Å². The topological polar surface area (TPSA) is 36.4 Å². The molecule has 0 aromatic carbocycles. The number of hydrogen-bond donors (Lipinski definition) is 1. The fourth-order valence-electron chi connectivity index (χ4n) is 2.01. The van der Waals surface area contributed by atoms with E-state index in [4.69, 9.17) is 11.6 Å². The summed E-state index contributed by atoms with van der Waals surface area (Å²) in [7, 11) is 0. The SMILES string of the molecule is CC(c1nc(CCl)cs1)N1CCC(O)CC1. The van der Waals surface area contributed by atoms with Crippen LogP contribution in [0.1, 0.15) is 36.5 Å². The zero-order chi connectivity index (χ0) is 11.5. The third-order valence-electron chi connectivity index (χ3n) is 3.11. The molecular formula is C11H17ClN2OS. The molecule has 90 valence electrons. The lowest BCUT2D eigenvalue weighted by molar-refractivity contribution is 0.0644. The van der Waals surface area contributed by atoms with Gasteiger partial charge in [-0.25, -0.2) is 4.98 Å². The molecule has 3 nitrogen and oxygen atoms in total. The molecule has 1 N–H and O–H groups in total. The zero-order valence-corrected chi connectivity index (χ0v) is 11.0. The quantitative estimate of drug-likeness (QED) is 0.848. The summed E-state index contributed by atoms with van der Waals surface area (Å²) in [6.07, 6.45) is 1.63. The molecule has 16 heavy (non-hydrogen) atoms. The molecule has 1 aromatic heterocycles. The van der Waals surface area contributed by atoms with Crippen LogP contribution in [0, 0.1) is 0 Å². The summed E-state index contributed by atoms with van der Waals surface area (Å²) in [5.41, 5.74) is 0.963. The minimum Gasteiger partial charge on any atom is -0.393 e. The van der Waals surface area contributed by atoms with Gasteiger partial charge in [-0.05, 0) is 19.8 Å². The summed E-state index contributed by atoms with van der Waals surface area (Å²) < 4.78 is 0. The first-order chi connectivity index (χ1) is 7.70. The van der Waals surface area contributed by atoms with Gasteiger partial charge in [0.15, 0.2) is 0 Å². The number of nitrogens with zero attached hydrogens (tertiary/aromatic N) is 2. The smallest absolute Gasteiger partial charge is 0.110 e. The molecule has 1 aliphatic rings.